The van der Waals surface area contributed by atoms with Crippen molar-refractivity contribution < 1.29 is 14.0 Å². The lowest BCUT2D eigenvalue weighted by molar-refractivity contribution is -0.123. The summed E-state index contributed by atoms with van der Waals surface area (Å²) in [5.41, 5.74) is 1.01. The van der Waals surface area contributed by atoms with Gasteiger partial charge in [0.15, 0.2) is 0 Å². The van der Waals surface area contributed by atoms with Crippen LogP contribution in [0.4, 0.5) is 4.39 Å². The highest BCUT2D eigenvalue weighted by atomic mass is 19.1. The van der Waals surface area contributed by atoms with Crippen molar-refractivity contribution in [1.29, 1.82) is 0 Å². The summed E-state index contributed by atoms with van der Waals surface area (Å²) in [6.07, 6.45) is 3.87. The molecule has 0 spiro atoms. The number of likely N-dealkylation sites (tertiary alicyclic amines) is 1. The van der Waals surface area contributed by atoms with Crippen LogP contribution < -0.4 is 10.6 Å². The standard InChI is InChI=1S/C19H26FN3O2/c1-13-10-15(6-7-16(13)20)19(25)23-9-3-4-14(12-23)11-22-18(24)17-5-2-8-21-17/h6-7,10,14,17,21H,2-5,8-9,11-12H2,1H3,(H,22,24). The number of carbonyl (C=O) groups is 2. The van der Waals surface area contributed by atoms with Crippen LogP contribution >= 0.6 is 0 Å². The van der Waals surface area contributed by atoms with Crippen molar-refractivity contribution in [1.82, 2.24) is 15.5 Å². The summed E-state index contributed by atoms with van der Waals surface area (Å²) < 4.78 is 13.4. The minimum absolute atomic E-state index is 0.0587. The molecule has 2 aliphatic rings. The quantitative estimate of drug-likeness (QED) is 0.874. The van der Waals surface area contributed by atoms with Crippen molar-refractivity contribution in [3.63, 3.8) is 0 Å². The number of hydrogen-bond acceptors (Lipinski definition) is 3. The Hall–Kier alpha value is -1.95. The van der Waals surface area contributed by atoms with Gasteiger partial charge in [-0.2, -0.15) is 0 Å². The van der Waals surface area contributed by atoms with Gasteiger partial charge in [0, 0.05) is 25.2 Å². The second-order valence-electron chi connectivity index (χ2n) is 7.12. The van der Waals surface area contributed by atoms with Gasteiger partial charge < -0.3 is 15.5 Å². The molecule has 0 saturated carbocycles. The third-order valence-corrected chi connectivity index (χ3v) is 5.15. The Morgan fingerprint density at radius 2 is 2.16 bits per heavy atom. The molecule has 0 aromatic heterocycles. The summed E-state index contributed by atoms with van der Waals surface area (Å²) in [6, 6.07) is 4.43. The number of amides is 2. The predicted molar refractivity (Wildman–Crippen MR) is 93.8 cm³/mol. The zero-order valence-electron chi connectivity index (χ0n) is 14.7. The molecule has 2 aliphatic heterocycles. The first-order chi connectivity index (χ1) is 12.0. The Balaban J connectivity index is 1.54. The predicted octanol–water partition coefficient (Wildman–Crippen LogP) is 1.85. The highest BCUT2D eigenvalue weighted by molar-refractivity contribution is 5.94. The number of carbonyl (C=O) groups excluding carboxylic acids is 2. The average Bonchev–Trinajstić information content (AvgIpc) is 3.16. The average molecular weight is 347 g/mol. The van der Waals surface area contributed by atoms with Crippen LogP contribution in [0.3, 0.4) is 0 Å². The van der Waals surface area contributed by atoms with E-state index >= 15 is 0 Å². The smallest absolute Gasteiger partial charge is 0.253 e. The van der Waals surface area contributed by atoms with Crippen LogP contribution in [-0.2, 0) is 4.79 Å². The van der Waals surface area contributed by atoms with E-state index in [1.165, 1.54) is 6.07 Å². The minimum atomic E-state index is -0.295. The molecule has 2 fully saturated rings. The van der Waals surface area contributed by atoms with Gasteiger partial charge >= 0.3 is 0 Å². The van der Waals surface area contributed by atoms with E-state index in [1.54, 1.807) is 19.1 Å². The fraction of sp³-hybridized carbons (Fsp3) is 0.579. The molecule has 1 aromatic carbocycles. The summed E-state index contributed by atoms with van der Waals surface area (Å²) in [5, 5.41) is 6.22. The number of rotatable bonds is 4. The fourth-order valence-electron chi connectivity index (χ4n) is 3.65. The lowest BCUT2D eigenvalue weighted by atomic mass is 9.97. The first-order valence-corrected chi connectivity index (χ1v) is 9.11. The molecule has 0 aliphatic carbocycles. The Morgan fingerprint density at radius 1 is 1.32 bits per heavy atom. The van der Waals surface area contributed by atoms with Crippen LogP contribution in [0, 0.1) is 18.7 Å². The van der Waals surface area contributed by atoms with Gasteiger partial charge in [0.2, 0.25) is 5.91 Å². The number of hydrogen-bond donors (Lipinski definition) is 2. The van der Waals surface area contributed by atoms with Gasteiger partial charge in [-0.15, -0.1) is 0 Å². The molecule has 0 bridgehead atoms. The first-order valence-electron chi connectivity index (χ1n) is 9.11. The molecule has 2 saturated heterocycles. The molecule has 2 heterocycles. The van der Waals surface area contributed by atoms with Gasteiger partial charge in [0.25, 0.3) is 5.91 Å². The molecule has 136 valence electrons. The van der Waals surface area contributed by atoms with Crippen LogP contribution in [0.2, 0.25) is 0 Å². The van der Waals surface area contributed by atoms with Crippen molar-refractivity contribution in [3.05, 3.63) is 35.1 Å². The molecule has 2 unspecified atom stereocenters. The lowest BCUT2D eigenvalue weighted by Crippen LogP contribution is -2.46. The van der Waals surface area contributed by atoms with Crippen LogP contribution in [0.15, 0.2) is 18.2 Å². The van der Waals surface area contributed by atoms with Crippen LogP contribution in [0.1, 0.15) is 41.6 Å². The first kappa shape index (κ1) is 17.9. The van der Waals surface area contributed by atoms with Crippen LogP contribution in [0.5, 0.6) is 0 Å². The second kappa shape index (κ2) is 7.95. The van der Waals surface area contributed by atoms with Crippen LogP contribution in [-0.4, -0.2) is 48.9 Å². The molecule has 2 atom stereocenters. The highest BCUT2D eigenvalue weighted by Gasteiger charge is 2.27. The highest BCUT2D eigenvalue weighted by Crippen LogP contribution is 2.19. The van der Waals surface area contributed by atoms with E-state index < -0.39 is 0 Å². The van der Waals surface area contributed by atoms with Crippen molar-refractivity contribution in [2.75, 3.05) is 26.2 Å². The number of halogens is 1. The molecule has 5 nitrogen and oxygen atoms in total. The van der Waals surface area contributed by atoms with Crippen molar-refractivity contribution >= 4 is 11.8 Å². The van der Waals surface area contributed by atoms with E-state index in [1.807, 2.05) is 4.90 Å². The molecule has 2 N–H and O–H groups in total. The zero-order chi connectivity index (χ0) is 17.8. The maximum Gasteiger partial charge on any atom is 0.253 e. The monoisotopic (exact) mass is 347 g/mol. The molecule has 2 amide bonds. The summed E-state index contributed by atoms with van der Waals surface area (Å²) in [7, 11) is 0. The third-order valence-electron chi connectivity index (χ3n) is 5.15. The Kier molecular flexibility index (Phi) is 5.68. The molecule has 25 heavy (non-hydrogen) atoms. The summed E-state index contributed by atoms with van der Waals surface area (Å²) in [4.78, 5) is 26.6. The summed E-state index contributed by atoms with van der Waals surface area (Å²) in [5.74, 6) is -0.0207. The van der Waals surface area contributed by atoms with Crippen molar-refractivity contribution in [2.24, 2.45) is 5.92 Å². The topological polar surface area (TPSA) is 61.4 Å². The SMILES string of the molecule is Cc1cc(C(=O)N2CCCC(CNC(=O)C3CCCN3)C2)ccc1F. The third kappa shape index (κ3) is 4.37. The van der Waals surface area contributed by atoms with Gasteiger partial charge in [0.1, 0.15) is 5.82 Å². The van der Waals surface area contributed by atoms with E-state index in [0.717, 1.165) is 32.2 Å². The van der Waals surface area contributed by atoms with Gasteiger partial charge in [-0.3, -0.25) is 9.59 Å². The minimum Gasteiger partial charge on any atom is -0.354 e. The Labute approximate surface area is 148 Å². The van der Waals surface area contributed by atoms with Gasteiger partial charge in [-0.05, 0) is 68.8 Å². The molecule has 3 rings (SSSR count). The maximum atomic E-state index is 13.4. The van der Waals surface area contributed by atoms with Gasteiger partial charge in [-0.25, -0.2) is 4.39 Å². The number of aryl methyl sites for hydroxylation is 1. The Bertz CT molecular complexity index is 644. The van der Waals surface area contributed by atoms with E-state index in [0.29, 0.717) is 30.8 Å². The lowest BCUT2D eigenvalue weighted by Gasteiger charge is -2.33. The summed E-state index contributed by atoms with van der Waals surface area (Å²) >= 11 is 0. The van der Waals surface area contributed by atoms with Crippen molar-refractivity contribution in [3.8, 4) is 0 Å². The summed E-state index contributed by atoms with van der Waals surface area (Å²) in [6.45, 7) is 4.51. The fourth-order valence-corrected chi connectivity index (χ4v) is 3.65. The van der Waals surface area contributed by atoms with Gasteiger partial charge in [0.05, 0.1) is 6.04 Å². The zero-order valence-corrected chi connectivity index (χ0v) is 14.7. The molecule has 1 aromatic rings. The van der Waals surface area contributed by atoms with E-state index in [4.69, 9.17) is 0 Å². The molecular weight excluding hydrogens is 321 g/mol. The number of nitrogens with one attached hydrogen (secondary N) is 2. The number of nitrogens with zero attached hydrogens (tertiary/aromatic N) is 1. The largest absolute Gasteiger partial charge is 0.354 e. The van der Waals surface area contributed by atoms with Crippen LogP contribution in [0.25, 0.3) is 0 Å². The molecule has 6 heteroatoms. The number of piperidine rings is 1. The van der Waals surface area contributed by atoms with Gasteiger partial charge in [-0.1, -0.05) is 0 Å². The van der Waals surface area contributed by atoms with E-state index in [-0.39, 0.29) is 29.6 Å². The maximum absolute atomic E-state index is 13.4. The molecular formula is C19H26FN3O2. The van der Waals surface area contributed by atoms with Crippen molar-refractivity contribution in [2.45, 2.75) is 38.6 Å². The Morgan fingerprint density at radius 3 is 2.88 bits per heavy atom. The van der Waals surface area contributed by atoms with E-state index in [2.05, 4.69) is 10.6 Å². The van der Waals surface area contributed by atoms with E-state index in [9.17, 15) is 14.0 Å². The number of benzene rings is 1. The second-order valence-corrected chi connectivity index (χ2v) is 7.12. The molecule has 0 radical (unpaired) electrons. The normalized spacial score (nSPS) is 23.5.